The number of nitrogens with zero attached hydrogens (tertiary/aromatic N) is 1. The van der Waals surface area contributed by atoms with Gasteiger partial charge in [0.2, 0.25) is 15.9 Å². The molecule has 1 aliphatic carbocycles. The molecule has 1 aromatic carbocycles. The number of amides is 1. The predicted molar refractivity (Wildman–Crippen MR) is 90.7 cm³/mol. The summed E-state index contributed by atoms with van der Waals surface area (Å²) in [5.41, 5.74) is 8.11. The summed E-state index contributed by atoms with van der Waals surface area (Å²) in [4.78, 5) is 12.6. The average Bonchev–Trinajstić information content (AvgIpc) is 2.90. The highest BCUT2D eigenvalue weighted by Gasteiger charge is 2.28. The first kappa shape index (κ1) is 17.9. The number of carbonyl (C=O) groups excluding carboxylic acids is 1. The first-order valence-electron chi connectivity index (χ1n) is 7.73. The lowest BCUT2D eigenvalue weighted by Gasteiger charge is -2.17. The molecule has 0 aromatic heterocycles. The van der Waals surface area contributed by atoms with Crippen molar-refractivity contribution in [2.45, 2.75) is 44.0 Å². The van der Waals surface area contributed by atoms with E-state index in [9.17, 15) is 13.2 Å². The second-order valence-electron chi connectivity index (χ2n) is 6.46. The molecule has 1 fully saturated rings. The smallest absolute Gasteiger partial charge is 0.242 e. The van der Waals surface area contributed by atoms with Crippen molar-refractivity contribution in [2.75, 3.05) is 19.4 Å². The summed E-state index contributed by atoms with van der Waals surface area (Å²) in [6.07, 6.45) is 2.31. The fraction of sp³-hybridized carbons (Fsp3) is 0.562. The van der Waals surface area contributed by atoms with Crippen LogP contribution in [0.25, 0.3) is 0 Å². The summed E-state index contributed by atoms with van der Waals surface area (Å²) in [6.45, 7) is 3.71. The Kier molecular flexibility index (Phi) is 5.13. The van der Waals surface area contributed by atoms with Gasteiger partial charge in [-0.2, -0.15) is 0 Å². The van der Waals surface area contributed by atoms with Gasteiger partial charge >= 0.3 is 0 Å². The summed E-state index contributed by atoms with van der Waals surface area (Å²) in [5.74, 6) is -0.182. The van der Waals surface area contributed by atoms with Crippen LogP contribution in [-0.4, -0.2) is 38.8 Å². The van der Waals surface area contributed by atoms with Gasteiger partial charge in [-0.3, -0.25) is 4.79 Å². The second-order valence-corrected chi connectivity index (χ2v) is 8.61. The second kappa shape index (κ2) is 6.59. The Morgan fingerprint density at radius 3 is 2.43 bits per heavy atom. The van der Waals surface area contributed by atoms with E-state index in [4.69, 9.17) is 5.73 Å². The topological polar surface area (TPSA) is 92.5 Å². The Bertz CT molecular complexity index is 714. The van der Waals surface area contributed by atoms with E-state index < -0.39 is 10.0 Å². The van der Waals surface area contributed by atoms with Gasteiger partial charge in [0.05, 0.1) is 4.90 Å². The number of anilines is 1. The first-order valence-corrected chi connectivity index (χ1v) is 9.17. The Hall–Kier alpha value is -1.44. The summed E-state index contributed by atoms with van der Waals surface area (Å²) in [5, 5.41) is 2.89. The highest BCUT2D eigenvalue weighted by Crippen LogP contribution is 2.29. The Balaban J connectivity index is 2.32. The number of nitrogens with one attached hydrogen (secondary N) is 1. The molecule has 1 saturated carbocycles. The van der Waals surface area contributed by atoms with E-state index in [1.54, 1.807) is 6.07 Å². The first-order chi connectivity index (χ1) is 10.6. The monoisotopic (exact) mass is 339 g/mol. The van der Waals surface area contributed by atoms with Gasteiger partial charge < -0.3 is 11.1 Å². The molecule has 6 nitrogen and oxygen atoms in total. The van der Waals surface area contributed by atoms with E-state index in [0.29, 0.717) is 12.1 Å². The minimum Gasteiger partial charge on any atom is -0.328 e. The number of carbonyl (C=O) groups is 1. The molecule has 3 N–H and O–H groups in total. The third kappa shape index (κ3) is 3.73. The van der Waals surface area contributed by atoms with E-state index in [1.165, 1.54) is 24.5 Å². The summed E-state index contributed by atoms with van der Waals surface area (Å²) in [6, 6.07) is 3.24. The predicted octanol–water partition coefficient (Wildman–Crippen LogP) is 1.62. The van der Waals surface area contributed by atoms with Gasteiger partial charge in [-0.05, 0) is 56.4 Å². The third-order valence-corrected chi connectivity index (χ3v) is 6.31. The number of hydrogen-bond donors (Lipinski definition) is 2. The van der Waals surface area contributed by atoms with Crippen LogP contribution in [0.1, 0.15) is 30.4 Å². The van der Waals surface area contributed by atoms with Crippen LogP contribution >= 0.6 is 0 Å². The van der Waals surface area contributed by atoms with E-state index in [-0.39, 0.29) is 22.8 Å². The van der Waals surface area contributed by atoms with Crippen molar-refractivity contribution in [3.63, 3.8) is 0 Å². The minimum atomic E-state index is -3.54. The van der Waals surface area contributed by atoms with Crippen molar-refractivity contribution in [3.05, 3.63) is 23.3 Å². The number of hydrogen-bond acceptors (Lipinski definition) is 4. The molecular formula is C16H25N3O3S. The van der Waals surface area contributed by atoms with Crippen LogP contribution in [-0.2, 0) is 14.8 Å². The molecule has 0 saturated heterocycles. The zero-order chi connectivity index (χ0) is 17.4. The molecular weight excluding hydrogens is 314 g/mol. The number of sulfonamides is 1. The van der Waals surface area contributed by atoms with Crippen LogP contribution in [0.5, 0.6) is 0 Å². The molecule has 1 aliphatic rings. The van der Waals surface area contributed by atoms with Crippen LogP contribution < -0.4 is 11.1 Å². The highest BCUT2D eigenvalue weighted by atomic mass is 32.2. The standard InChI is InChI=1S/C16H25N3O3S/c1-10-7-14(23(21,22)19(3)4)9-15(11(10)2)18-16(20)12-5-6-13(17)8-12/h7,9,12-13H,5-6,8,17H2,1-4H3,(H,18,20). The third-order valence-electron chi connectivity index (χ3n) is 4.52. The SMILES string of the molecule is Cc1cc(S(=O)(=O)N(C)C)cc(NC(=O)C2CCC(N)C2)c1C. The Morgan fingerprint density at radius 1 is 1.26 bits per heavy atom. The summed E-state index contributed by atoms with van der Waals surface area (Å²) in [7, 11) is -0.563. The molecule has 1 amide bonds. The van der Waals surface area contributed by atoms with Crippen molar-refractivity contribution >= 4 is 21.6 Å². The van der Waals surface area contributed by atoms with Crippen molar-refractivity contribution < 1.29 is 13.2 Å². The largest absolute Gasteiger partial charge is 0.328 e. The van der Waals surface area contributed by atoms with Gasteiger partial charge in [0, 0.05) is 31.7 Å². The van der Waals surface area contributed by atoms with Gasteiger partial charge in [-0.1, -0.05) is 0 Å². The van der Waals surface area contributed by atoms with Crippen LogP contribution in [0.4, 0.5) is 5.69 Å². The average molecular weight is 339 g/mol. The number of nitrogens with two attached hydrogens (primary N) is 1. The lowest BCUT2D eigenvalue weighted by atomic mass is 10.0. The fourth-order valence-electron chi connectivity index (χ4n) is 2.81. The molecule has 1 aromatic rings. The van der Waals surface area contributed by atoms with Gasteiger partial charge in [0.1, 0.15) is 0 Å². The zero-order valence-electron chi connectivity index (χ0n) is 14.1. The van der Waals surface area contributed by atoms with Crippen LogP contribution in [0.15, 0.2) is 17.0 Å². The molecule has 2 atom stereocenters. The van der Waals surface area contributed by atoms with Crippen LogP contribution in [0.3, 0.4) is 0 Å². The zero-order valence-corrected chi connectivity index (χ0v) is 14.9. The molecule has 0 spiro atoms. The van der Waals surface area contributed by atoms with Gasteiger partial charge in [0.15, 0.2) is 0 Å². The molecule has 128 valence electrons. The van der Waals surface area contributed by atoms with Gasteiger partial charge in [-0.25, -0.2) is 12.7 Å². The van der Waals surface area contributed by atoms with Gasteiger partial charge in [0.25, 0.3) is 0 Å². The van der Waals surface area contributed by atoms with Crippen LogP contribution in [0.2, 0.25) is 0 Å². The molecule has 0 aliphatic heterocycles. The summed E-state index contributed by atoms with van der Waals surface area (Å²) >= 11 is 0. The number of aryl methyl sites for hydroxylation is 1. The maximum absolute atomic E-state index is 12.4. The van der Waals surface area contributed by atoms with Crippen molar-refractivity contribution in [1.29, 1.82) is 0 Å². The normalized spacial score (nSPS) is 21.7. The van der Waals surface area contributed by atoms with Gasteiger partial charge in [-0.15, -0.1) is 0 Å². The van der Waals surface area contributed by atoms with E-state index >= 15 is 0 Å². The molecule has 23 heavy (non-hydrogen) atoms. The number of benzene rings is 1. The highest BCUT2D eigenvalue weighted by molar-refractivity contribution is 7.89. The van der Waals surface area contributed by atoms with Crippen molar-refractivity contribution in [2.24, 2.45) is 11.7 Å². The number of rotatable bonds is 4. The lowest BCUT2D eigenvalue weighted by molar-refractivity contribution is -0.119. The maximum Gasteiger partial charge on any atom is 0.242 e. The lowest BCUT2D eigenvalue weighted by Crippen LogP contribution is -2.25. The molecule has 7 heteroatoms. The van der Waals surface area contributed by atoms with Crippen LogP contribution in [0, 0.1) is 19.8 Å². The van der Waals surface area contributed by atoms with Crippen molar-refractivity contribution in [3.8, 4) is 0 Å². The molecule has 0 radical (unpaired) electrons. The fourth-order valence-corrected chi connectivity index (χ4v) is 3.82. The molecule has 2 unspecified atom stereocenters. The minimum absolute atomic E-state index is 0.0778. The molecule has 0 heterocycles. The molecule has 0 bridgehead atoms. The maximum atomic E-state index is 12.4. The Morgan fingerprint density at radius 2 is 1.91 bits per heavy atom. The molecule has 2 rings (SSSR count). The van der Waals surface area contributed by atoms with E-state index in [2.05, 4.69) is 5.32 Å². The van der Waals surface area contributed by atoms with Crippen molar-refractivity contribution in [1.82, 2.24) is 4.31 Å². The van der Waals surface area contributed by atoms with E-state index in [1.807, 2.05) is 13.8 Å². The quantitative estimate of drug-likeness (QED) is 0.872. The summed E-state index contributed by atoms with van der Waals surface area (Å²) < 4.78 is 25.8. The van der Waals surface area contributed by atoms with E-state index in [0.717, 1.165) is 24.0 Å². The Labute approximate surface area is 138 Å².